The Kier molecular flexibility index (Phi) is 10.5. The number of nitrogens with zero attached hydrogens (tertiary/aromatic N) is 2. The molecule has 140 valence electrons. The number of hydrogen-bond donors (Lipinski definition) is 2. The molecular weight excluding hydrogens is 431 g/mol. The zero-order valence-corrected chi connectivity index (χ0v) is 17.4. The lowest BCUT2D eigenvalue weighted by Crippen LogP contribution is -2.39. The number of carbonyl (C=O) groups is 1. The van der Waals surface area contributed by atoms with Crippen LogP contribution in [0.15, 0.2) is 29.3 Å². The number of methoxy groups -OCH3 is 1. The predicted molar refractivity (Wildman–Crippen MR) is 113 cm³/mol. The lowest BCUT2D eigenvalue weighted by molar-refractivity contribution is -0.118. The molecule has 1 aliphatic rings. The number of para-hydroxylation sites is 1. The molecule has 0 fully saturated rings. The summed E-state index contributed by atoms with van der Waals surface area (Å²) in [5, 5.41) is 6.46. The van der Waals surface area contributed by atoms with Crippen molar-refractivity contribution in [3.63, 3.8) is 0 Å². The SMILES string of the molecule is CN=C(NCCCOC)NCCCC(=O)N1CCc2ccccc21.I. The molecule has 0 radical (unpaired) electrons. The van der Waals surface area contributed by atoms with Gasteiger partial charge >= 0.3 is 0 Å². The van der Waals surface area contributed by atoms with E-state index in [9.17, 15) is 4.79 Å². The Hall–Kier alpha value is -1.35. The monoisotopic (exact) mass is 460 g/mol. The van der Waals surface area contributed by atoms with Gasteiger partial charge in [-0.25, -0.2) is 0 Å². The van der Waals surface area contributed by atoms with E-state index in [1.54, 1.807) is 14.2 Å². The van der Waals surface area contributed by atoms with E-state index in [-0.39, 0.29) is 29.9 Å². The molecule has 0 saturated heterocycles. The Morgan fingerprint density at radius 1 is 1.24 bits per heavy atom. The van der Waals surface area contributed by atoms with E-state index >= 15 is 0 Å². The minimum Gasteiger partial charge on any atom is -0.385 e. The number of ether oxygens (including phenoxy) is 1. The summed E-state index contributed by atoms with van der Waals surface area (Å²) in [5.41, 5.74) is 2.34. The van der Waals surface area contributed by atoms with Crippen molar-refractivity contribution in [2.24, 2.45) is 4.99 Å². The number of anilines is 1. The van der Waals surface area contributed by atoms with Crippen LogP contribution in [-0.4, -0.2) is 52.3 Å². The molecule has 0 aromatic heterocycles. The maximum atomic E-state index is 12.4. The topological polar surface area (TPSA) is 66.0 Å². The summed E-state index contributed by atoms with van der Waals surface area (Å²) in [4.78, 5) is 18.5. The number of rotatable bonds is 8. The van der Waals surface area contributed by atoms with Crippen LogP contribution in [0.25, 0.3) is 0 Å². The molecule has 1 aromatic carbocycles. The number of amides is 1. The lowest BCUT2D eigenvalue weighted by Gasteiger charge is -2.17. The number of nitrogens with one attached hydrogen (secondary N) is 2. The van der Waals surface area contributed by atoms with E-state index in [1.807, 2.05) is 23.1 Å². The molecule has 0 aliphatic carbocycles. The molecule has 1 aromatic rings. The molecule has 0 spiro atoms. The normalized spacial score (nSPS) is 13.2. The Balaban J connectivity index is 0.00000312. The fourth-order valence-corrected chi connectivity index (χ4v) is 2.82. The first-order valence-electron chi connectivity index (χ1n) is 8.58. The highest BCUT2D eigenvalue weighted by Gasteiger charge is 2.23. The summed E-state index contributed by atoms with van der Waals surface area (Å²) in [5.74, 6) is 0.967. The van der Waals surface area contributed by atoms with Crippen molar-refractivity contribution in [2.45, 2.75) is 25.7 Å². The average Bonchev–Trinajstić information content (AvgIpc) is 3.04. The van der Waals surface area contributed by atoms with E-state index in [0.29, 0.717) is 6.42 Å². The molecule has 1 heterocycles. The van der Waals surface area contributed by atoms with Gasteiger partial charge in [0.1, 0.15) is 0 Å². The first-order chi connectivity index (χ1) is 11.8. The van der Waals surface area contributed by atoms with Crippen molar-refractivity contribution in [2.75, 3.05) is 45.3 Å². The number of fused-ring (bicyclic) bond motifs is 1. The molecule has 25 heavy (non-hydrogen) atoms. The van der Waals surface area contributed by atoms with Gasteiger partial charge in [0.2, 0.25) is 5.91 Å². The largest absolute Gasteiger partial charge is 0.385 e. The van der Waals surface area contributed by atoms with Crippen molar-refractivity contribution in [1.82, 2.24) is 10.6 Å². The summed E-state index contributed by atoms with van der Waals surface area (Å²) in [6, 6.07) is 8.15. The van der Waals surface area contributed by atoms with Crippen LogP contribution in [-0.2, 0) is 16.0 Å². The Bertz CT molecular complexity index is 566. The number of carbonyl (C=O) groups excluding carboxylic acids is 1. The number of guanidine groups is 1. The lowest BCUT2D eigenvalue weighted by atomic mass is 10.2. The van der Waals surface area contributed by atoms with Gasteiger partial charge in [-0.05, 0) is 30.9 Å². The second-order valence-electron chi connectivity index (χ2n) is 5.80. The second-order valence-corrected chi connectivity index (χ2v) is 5.80. The van der Waals surface area contributed by atoms with E-state index in [0.717, 1.165) is 57.2 Å². The molecule has 0 saturated carbocycles. The summed E-state index contributed by atoms with van der Waals surface area (Å²) < 4.78 is 5.01. The maximum absolute atomic E-state index is 12.4. The van der Waals surface area contributed by atoms with E-state index in [1.165, 1.54) is 5.56 Å². The number of halogens is 1. The van der Waals surface area contributed by atoms with Gasteiger partial charge in [0.05, 0.1) is 0 Å². The molecule has 1 amide bonds. The zero-order valence-electron chi connectivity index (χ0n) is 15.1. The summed E-state index contributed by atoms with van der Waals surface area (Å²) in [6.45, 7) is 3.08. The van der Waals surface area contributed by atoms with Crippen LogP contribution in [0.1, 0.15) is 24.8 Å². The third kappa shape index (κ3) is 6.81. The molecule has 0 unspecified atom stereocenters. The van der Waals surface area contributed by atoms with Crippen LogP contribution in [0.2, 0.25) is 0 Å². The maximum Gasteiger partial charge on any atom is 0.227 e. The van der Waals surface area contributed by atoms with Gasteiger partial charge in [-0.1, -0.05) is 18.2 Å². The van der Waals surface area contributed by atoms with Crippen molar-refractivity contribution in [1.29, 1.82) is 0 Å². The van der Waals surface area contributed by atoms with Gasteiger partial charge in [-0.15, -0.1) is 24.0 Å². The highest BCUT2D eigenvalue weighted by atomic mass is 127. The van der Waals surface area contributed by atoms with E-state index in [4.69, 9.17) is 4.74 Å². The Labute approximate surface area is 167 Å². The summed E-state index contributed by atoms with van der Waals surface area (Å²) in [6.07, 6.45) is 3.22. The zero-order chi connectivity index (χ0) is 17.2. The van der Waals surface area contributed by atoms with Crippen molar-refractivity contribution < 1.29 is 9.53 Å². The molecule has 7 heteroatoms. The second kappa shape index (κ2) is 12.1. The van der Waals surface area contributed by atoms with Gasteiger partial charge in [0, 0.05) is 52.5 Å². The molecule has 1 aliphatic heterocycles. The quantitative estimate of drug-likeness (QED) is 0.270. The van der Waals surface area contributed by atoms with Gasteiger partial charge in [0.15, 0.2) is 5.96 Å². The van der Waals surface area contributed by atoms with Crippen LogP contribution < -0.4 is 15.5 Å². The van der Waals surface area contributed by atoms with Crippen LogP contribution in [0.5, 0.6) is 0 Å². The highest BCUT2D eigenvalue weighted by molar-refractivity contribution is 14.0. The van der Waals surface area contributed by atoms with Gasteiger partial charge in [-0.3, -0.25) is 9.79 Å². The van der Waals surface area contributed by atoms with Crippen LogP contribution >= 0.6 is 24.0 Å². The minimum absolute atomic E-state index is 0. The smallest absolute Gasteiger partial charge is 0.227 e. The Morgan fingerprint density at radius 2 is 1.96 bits per heavy atom. The Morgan fingerprint density at radius 3 is 2.68 bits per heavy atom. The number of aliphatic imine (C=N–C) groups is 1. The fourth-order valence-electron chi connectivity index (χ4n) is 2.82. The van der Waals surface area contributed by atoms with E-state index < -0.39 is 0 Å². The first kappa shape index (κ1) is 21.7. The third-order valence-electron chi connectivity index (χ3n) is 4.09. The molecule has 2 rings (SSSR count). The van der Waals surface area contributed by atoms with Crippen LogP contribution in [0, 0.1) is 0 Å². The fraction of sp³-hybridized carbons (Fsp3) is 0.556. The molecular formula is C18H29IN4O2. The van der Waals surface area contributed by atoms with Crippen molar-refractivity contribution >= 4 is 41.5 Å². The van der Waals surface area contributed by atoms with Crippen molar-refractivity contribution in [3.05, 3.63) is 29.8 Å². The van der Waals surface area contributed by atoms with Gasteiger partial charge in [-0.2, -0.15) is 0 Å². The third-order valence-corrected chi connectivity index (χ3v) is 4.09. The molecule has 0 atom stereocenters. The van der Waals surface area contributed by atoms with Crippen LogP contribution in [0.4, 0.5) is 5.69 Å². The number of hydrogen-bond acceptors (Lipinski definition) is 3. The van der Waals surface area contributed by atoms with Gasteiger partial charge < -0.3 is 20.3 Å². The molecule has 0 bridgehead atoms. The summed E-state index contributed by atoms with van der Waals surface area (Å²) in [7, 11) is 3.45. The first-order valence-corrected chi connectivity index (χ1v) is 8.58. The molecule has 2 N–H and O–H groups in total. The van der Waals surface area contributed by atoms with Gasteiger partial charge in [0.25, 0.3) is 0 Å². The minimum atomic E-state index is 0. The average molecular weight is 460 g/mol. The predicted octanol–water partition coefficient (Wildman–Crippen LogP) is 2.18. The highest BCUT2D eigenvalue weighted by Crippen LogP contribution is 2.27. The summed E-state index contributed by atoms with van der Waals surface area (Å²) >= 11 is 0. The van der Waals surface area contributed by atoms with E-state index in [2.05, 4.69) is 21.7 Å². The number of benzene rings is 1. The molecule has 6 nitrogen and oxygen atoms in total. The standard InChI is InChI=1S/C18H28N4O2.HI/c1-19-18(21-12-6-14-24-2)20-11-5-9-17(23)22-13-10-15-7-3-4-8-16(15)22;/h3-4,7-8H,5-6,9-14H2,1-2H3,(H2,19,20,21);1H. The van der Waals surface area contributed by atoms with Crippen LogP contribution in [0.3, 0.4) is 0 Å². The van der Waals surface area contributed by atoms with Crippen molar-refractivity contribution in [3.8, 4) is 0 Å².